The van der Waals surface area contributed by atoms with Gasteiger partial charge in [0.15, 0.2) is 4.34 Å². The van der Waals surface area contributed by atoms with Crippen molar-refractivity contribution in [2.24, 2.45) is 0 Å². The average Bonchev–Trinajstić information content (AvgIpc) is 2.80. The molecule has 98 valence electrons. The van der Waals surface area contributed by atoms with Crippen molar-refractivity contribution in [1.82, 2.24) is 4.98 Å². The second-order valence-corrected chi connectivity index (χ2v) is 6.01. The zero-order valence-corrected chi connectivity index (χ0v) is 11.5. The second kappa shape index (κ2) is 5.55. The highest BCUT2D eigenvalue weighted by Gasteiger charge is 2.14. The van der Waals surface area contributed by atoms with Crippen molar-refractivity contribution in [3.05, 3.63) is 45.1 Å². The Labute approximate surface area is 120 Å². The lowest BCUT2D eigenvalue weighted by Crippen LogP contribution is -1.97. The number of nitro groups is 1. The largest absolute Gasteiger partial charge is 0.478 e. The number of aromatic nitrogens is 1. The van der Waals surface area contributed by atoms with Crippen molar-refractivity contribution < 1.29 is 14.8 Å². The molecule has 0 aliphatic heterocycles. The molecule has 9 heteroatoms. The first kappa shape index (κ1) is 13.8. The van der Waals surface area contributed by atoms with E-state index in [1.807, 2.05) is 0 Å². The molecule has 1 aromatic carbocycles. The van der Waals surface area contributed by atoms with Crippen LogP contribution < -0.4 is 0 Å². The molecule has 1 heterocycles. The van der Waals surface area contributed by atoms with Gasteiger partial charge in [0.2, 0.25) is 0 Å². The van der Waals surface area contributed by atoms with E-state index in [4.69, 9.17) is 16.7 Å². The summed E-state index contributed by atoms with van der Waals surface area (Å²) in [4.78, 5) is 25.4. The molecule has 0 atom stereocenters. The number of carboxylic acids is 1. The number of carbonyl (C=O) groups is 1. The highest BCUT2D eigenvalue weighted by molar-refractivity contribution is 8.01. The fourth-order valence-corrected chi connectivity index (χ4v) is 3.21. The number of aromatic carboxylic acids is 1. The van der Waals surface area contributed by atoms with Crippen LogP contribution in [0.1, 0.15) is 10.4 Å². The highest BCUT2D eigenvalue weighted by atomic mass is 35.5. The van der Waals surface area contributed by atoms with Gasteiger partial charge in [-0.25, -0.2) is 9.78 Å². The quantitative estimate of drug-likeness (QED) is 0.684. The van der Waals surface area contributed by atoms with Crippen LogP contribution >= 0.6 is 34.7 Å². The fraction of sp³-hybridized carbons (Fsp3) is 0. The van der Waals surface area contributed by atoms with Crippen LogP contribution in [0.3, 0.4) is 0 Å². The number of thiazole rings is 1. The number of halogens is 1. The Morgan fingerprint density at radius 2 is 2.26 bits per heavy atom. The van der Waals surface area contributed by atoms with Gasteiger partial charge in [-0.15, -0.1) is 0 Å². The van der Waals surface area contributed by atoms with Crippen LogP contribution in [0.5, 0.6) is 0 Å². The van der Waals surface area contributed by atoms with Crippen molar-refractivity contribution >= 4 is 45.7 Å². The molecule has 0 saturated heterocycles. The third-order valence-electron chi connectivity index (χ3n) is 2.03. The smallest absolute Gasteiger partial charge is 0.344 e. The molecule has 19 heavy (non-hydrogen) atoms. The SMILES string of the molecule is O=C(O)c1cc(Sc2ncc([N+](=O)[O-])s2)ccc1Cl. The number of nitrogens with zero attached hydrogens (tertiary/aromatic N) is 2. The summed E-state index contributed by atoms with van der Waals surface area (Å²) >= 11 is 7.82. The predicted molar refractivity (Wildman–Crippen MR) is 71.3 cm³/mol. The van der Waals surface area contributed by atoms with Gasteiger partial charge in [-0.1, -0.05) is 23.4 Å². The van der Waals surface area contributed by atoms with Gasteiger partial charge >= 0.3 is 11.0 Å². The first-order chi connectivity index (χ1) is 8.97. The molecule has 0 aliphatic carbocycles. The van der Waals surface area contributed by atoms with Gasteiger partial charge < -0.3 is 5.11 Å². The molecular weight excluding hydrogens is 312 g/mol. The van der Waals surface area contributed by atoms with E-state index >= 15 is 0 Å². The van der Waals surface area contributed by atoms with Crippen LogP contribution in [0.15, 0.2) is 33.6 Å². The first-order valence-corrected chi connectivity index (χ1v) is 6.79. The summed E-state index contributed by atoms with van der Waals surface area (Å²) in [5.41, 5.74) is -0.0160. The Morgan fingerprint density at radius 1 is 1.53 bits per heavy atom. The number of carboxylic acid groups (broad SMARTS) is 1. The topological polar surface area (TPSA) is 93.3 Å². The lowest BCUT2D eigenvalue weighted by atomic mass is 10.2. The number of hydrogen-bond acceptors (Lipinski definition) is 6. The molecular formula is C10H5ClN2O4S2. The third kappa shape index (κ3) is 3.22. The number of hydrogen-bond donors (Lipinski definition) is 1. The van der Waals surface area contributed by atoms with Gasteiger partial charge in [0.1, 0.15) is 6.20 Å². The number of benzene rings is 1. The van der Waals surface area contributed by atoms with Crippen molar-refractivity contribution in [3.8, 4) is 0 Å². The van der Waals surface area contributed by atoms with E-state index < -0.39 is 10.9 Å². The van der Waals surface area contributed by atoms with Gasteiger partial charge in [0.05, 0.1) is 15.5 Å². The van der Waals surface area contributed by atoms with Crippen molar-refractivity contribution in [3.63, 3.8) is 0 Å². The summed E-state index contributed by atoms with van der Waals surface area (Å²) in [7, 11) is 0. The Balaban J connectivity index is 2.25. The Hall–Kier alpha value is -1.64. The summed E-state index contributed by atoms with van der Waals surface area (Å²) in [5.74, 6) is -1.13. The molecule has 1 N–H and O–H groups in total. The molecule has 0 bridgehead atoms. The second-order valence-electron chi connectivity index (χ2n) is 3.27. The molecule has 0 unspecified atom stereocenters. The van der Waals surface area contributed by atoms with E-state index in [1.165, 1.54) is 18.3 Å². The Bertz CT molecular complexity index is 659. The van der Waals surface area contributed by atoms with Crippen LogP contribution in [0.2, 0.25) is 5.02 Å². The summed E-state index contributed by atoms with van der Waals surface area (Å²) in [6.45, 7) is 0. The van der Waals surface area contributed by atoms with Crippen LogP contribution in [0, 0.1) is 10.1 Å². The molecule has 0 aliphatic rings. The van der Waals surface area contributed by atoms with E-state index in [9.17, 15) is 14.9 Å². The number of rotatable bonds is 4. The minimum atomic E-state index is -1.13. The molecule has 0 amide bonds. The summed E-state index contributed by atoms with van der Waals surface area (Å²) in [5, 5.41) is 19.5. The summed E-state index contributed by atoms with van der Waals surface area (Å²) in [6, 6.07) is 4.50. The van der Waals surface area contributed by atoms with E-state index in [1.54, 1.807) is 6.07 Å². The molecule has 0 spiro atoms. The predicted octanol–water partition coefficient (Wildman–Crippen LogP) is 3.55. The molecule has 0 saturated carbocycles. The minimum Gasteiger partial charge on any atom is -0.478 e. The minimum absolute atomic E-state index is 0.0160. The van der Waals surface area contributed by atoms with Gasteiger partial charge in [-0.3, -0.25) is 10.1 Å². The molecule has 6 nitrogen and oxygen atoms in total. The molecule has 0 radical (unpaired) electrons. The van der Waals surface area contributed by atoms with E-state index in [0.717, 1.165) is 23.1 Å². The maximum absolute atomic E-state index is 10.9. The van der Waals surface area contributed by atoms with E-state index in [-0.39, 0.29) is 15.6 Å². The highest BCUT2D eigenvalue weighted by Crippen LogP contribution is 2.35. The van der Waals surface area contributed by atoms with Crippen LogP contribution in [-0.4, -0.2) is 21.0 Å². The van der Waals surface area contributed by atoms with Crippen molar-refractivity contribution in [2.75, 3.05) is 0 Å². The molecule has 2 aromatic rings. The van der Waals surface area contributed by atoms with Crippen molar-refractivity contribution in [2.45, 2.75) is 9.24 Å². The van der Waals surface area contributed by atoms with Crippen molar-refractivity contribution in [1.29, 1.82) is 0 Å². The lowest BCUT2D eigenvalue weighted by Gasteiger charge is -2.01. The normalized spacial score (nSPS) is 10.4. The standard InChI is InChI=1S/C10H5ClN2O4S2/c11-7-2-1-5(3-6(7)9(14)15)18-10-12-4-8(19-10)13(16)17/h1-4H,(H,14,15). The molecule has 2 rings (SSSR count). The summed E-state index contributed by atoms with van der Waals surface area (Å²) in [6.07, 6.45) is 1.17. The molecule has 1 aromatic heterocycles. The zero-order chi connectivity index (χ0) is 14.0. The van der Waals surface area contributed by atoms with Crippen LogP contribution in [-0.2, 0) is 0 Å². The van der Waals surface area contributed by atoms with Gasteiger partial charge in [-0.2, -0.15) is 0 Å². The van der Waals surface area contributed by atoms with Crippen LogP contribution in [0.25, 0.3) is 0 Å². The maximum atomic E-state index is 10.9. The molecule has 0 fully saturated rings. The van der Waals surface area contributed by atoms with E-state index in [2.05, 4.69) is 4.98 Å². The zero-order valence-electron chi connectivity index (χ0n) is 9.07. The Morgan fingerprint density at radius 3 is 2.84 bits per heavy atom. The van der Waals surface area contributed by atoms with Gasteiger partial charge in [0.25, 0.3) is 0 Å². The van der Waals surface area contributed by atoms with Crippen LogP contribution in [0.4, 0.5) is 5.00 Å². The first-order valence-electron chi connectivity index (χ1n) is 4.78. The fourth-order valence-electron chi connectivity index (χ4n) is 1.21. The average molecular weight is 317 g/mol. The van der Waals surface area contributed by atoms with Gasteiger partial charge in [0, 0.05) is 4.90 Å². The Kier molecular flexibility index (Phi) is 4.03. The third-order valence-corrected chi connectivity index (χ3v) is 4.37. The maximum Gasteiger partial charge on any atom is 0.344 e. The van der Waals surface area contributed by atoms with Gasteiger partial charge in [-0.05, 0) is 29.5 Å². The van der Waals surface area contributed by atoms with E-state index in [0.29, 0.717) is 9.24 Å². The summed E-state index contributed by atoms with van der Waals surface area (Å²) < 4.78 is 0.463. The lowest BCUT2D eigenvalue weighted by molar-refractivity contribution is -0.380. The monoisotopic (exact) mass is 316 g/mol.